The maximum atomic E-state index is 6.09. The molecule has 2 N–H and O–H groups in total. The Bertz CT molecular complexity index is 476. The Morgan fingerprint density at radius 2 is 2.06 bits per heavy atom. The fraction of sp³-hybridized carbons (Fsp3) is 0.154. The summed E-state index contributed by atoms with van der Waals surface area (Å²) in [7, 11) is 0. The third kappa shape index (κ3) is 3.46. The van der Waals surface area contributed by atoms with Crippen LogP contribution in [-0.2, 0) is 0 Å². The van der Waals surface area contributed by atoms with Crippen molar-refractivity contribution in [3.63, 3.8) is 0 Å². The second-order valence-corrected chi connectivity index (χ2v) is 5.10. The highest BCUT2D eigenvalue weighted by Gasteiger charge is 2.07. The van der Waals surface area contributed by atoms with Crippen LogP contribution in [0.2, 0.25) is 5.02 Å². The minimum Gasteiger partial charge on any atom is -0.323 e. The Kier molecular flexibility index (Phi) is 4.42. The van der Waals surface area contributed by atoms with Crippen molar-refractivity contribution < 1.29 is 0 Å². The molecular weight excluding hydrogens is 252 g/mol. The first kappa shape index (κ1) is 12.4. The van der Waals surface area contributed by atoms with Gasteiger partial charge >= 0.3 is 0 Å². The Balaban J connectivity index is 1.97. The molecule has 0 amide bonds. The topological polar surface area (TPSA) is 38.9 Å². The smallest absolute Gasteiger partial charge is 0.0541 e. The van der Waals surface area contributed by atoms with Crippen LogP contribution in [0.4, 0.5) is 0 Å². The van der Waals surface area contributed by atoms with Crippen molar-refractivity contribution in [1.82, 2.24) is 4.98 Å². The highest BCUT2D eigenvalue weighted by molar-refractivity contribution is 7.99. The predicted octanol–water partition coefficient (Wildman–Crippen LogP) is 3.53. The first-order valence-electron chi connectivity index (χ1n) is 5.30. The SMILES string of the molecule is NC(CSc1ccccc1Cl)c1cccnc1. The zero-order valence-corrected chi connectivity index (χ0v) is 10.8. The summed E-state index contributed by atoms with van der Waals surface area (Å²) >= 11 is 7.74. The minimum atomic E-state index is -0.0232. The van der Waals surface area contributed by atoms with E-state index in [-0.39, 0.29) is 6.04 Å². The lowest BCUT2D eigenvalue weighted by atomic mass is 10.2. The van der Waals surface area contributed by atoms with Gasteiger partial charge in [0.1, 0.15) is 0 Å². The highest BCUT2D eigenvalue weighted by atomic mass is 35.5. The number of nitrogens with two attached hydrogens (primary N) is 1. The quantitative estimate of drug-likeness (QED) is 0.859. The number of aromatic nitrogens is 1. The molecule has 0 saturated carbocycles. The molecule has 1 aromatic heterocycles. The summed E-state index contributed by atoms with van der Waals surface area (Å²) in [4.78, 5) is 5.13. The molecule has 0 fully saturated rings. The van der Waals surface area contributed by atoms with E-state index >= 15 is 0 Å². The summed E-state index contributed by atoms with van der Waals surface area (Å²) in [5.41, 5.74) is 7.14. The average molecular weight is 265 g/mol. The van der Waals surface area contributed by atoms with Gasteiger partial charge in [0, 0.05) is 29.1 Å². The summed E-state index contributed by atoms with van der Waals surface area (Å²) in [6.07, 6.45) is 3.55. The van der Waals surface area contributed by atoms with Gasteiger partial charge < -0.3 is 5.73 Å². The molecule has 0 bridgehead atoms. The van der Waals surface area contributed by atoms with E-state index in [1.165, 1.54) is 0 Å². The highest BCUT2D eigenvalue weighted by Crippen LogP contribution is 2.29. The van der Waals surface area contributed by atoms with Gasteiger partial charge in [0.15, 0.2) is 0 Å². The number of pyridine rings is 1. The first-order chi connectivity index (χ1) is 8.27. The van der Waals surface area contributed by atoms with E-state index in [0.717, 1.165) is 21.2 Å². The van der Waals surface area contributed by atoms with Gasteiger partial charge in [-0.2, -0.15) is 0 Å². The fourth-order valence-electron chi connectivity index (χ4n) is 1.43. The molecule has 0 aliphatic rings. The molecule has 2 nitrogen and oxygen atoms in total. The van der Waals surface area contributed by atoms with Crippen LogP contribution in [-0.4, -0.2) is 10.7 Å². The molecule has 0 radical (unpaired) electrons. The van der Waals surface area contributed by atoms with Gasteiger partial charge in [-0.3, -0.25) is 4.98 Å². The number of rotatable bonds is 4. The Morgan fingerprint density at radius 1 is 1.24 bits per heavy atom. The van der Waals surface area contributed by atoms with E-state index in [1.807, 2.05) is 36.4 Å². The molecular formula is C13H13ClN2S. The van der Waals surface area contributed by atoms with Crippen molar-refractivity contribution in [3.8, 4) is 0 Å². The molecule has 17 heavy (non-hydrogen) atoms. The van der Waals surface area contributed by atoms with Crippen molar-refractivity contribution in [2.45, 2.75) is 10.9 Å². The average Bonchev–Trinajstić information content (AvgIpc) is 2.38. The number of hydrogen-bond donors (Lipinski definition) is 1. The van der Waals surface area contributed by atoms with E-state index in [4.69, 9.17) is 17.3 Å². The summed E-state index contributed by atoms with van der Waals surface area (Å²) in [5.74, 6) is 0.787. The lowest BCUT2D eigenvalue weighted by Gasteiger charge is -2.11. The number of benzene rings is 1. The van der Waals surface area contributed by atoms with Gasteiger partial charge in [-0.05, 0) is 23.8 Å². The van der Waals surface area contributed by atoms with Gasteiger partial charge in [0.05, 0.1) is 5.02 Å². The molecule has 88 valence electrons. The van der Waals surface area contributed by atoms with E-state index < -0.39 is 0 Å². The van der Waals surface area contributed by atoms with Crippen LogP contribution in [0.1, 0.15) is 11.6 Å². The molecule has 1 atom stereocenters. The molecule has 0 aliphatic carbocycles. The van der Waals surface area contributed by atoms with Crippen LogP contribution in [0.5, 0.6) is 0 Å². The molecule has 2 rings (SSSR count). The van der Waals surface area contributed by atoms with E-state index in [0.29, 0.717) is 0 Å². The van der Waals surface area contributed by atoms with Crippen molar-refractivity contribution in [1.29, 1.82) is 0 Å². The van der Waals surface area contributed by atoms with Gasteiger partial charge in [0.25, 0.3) is 0 Å². The predicted molar refractivity (Wildman–Crippen MR) is 73.3 cm³/mol. The van der Waals surface area contributed by atoms with Crippen molar-refractivity contribution in [2.75, 3.05) is 5.75 Å². The molecule has 1 heterocycles. The minimum absolute atomic E-state index is 0.0232. The van der Waals surface area contributed by atoms with Crippen molar-refractivity contribution in [3.05, 3.63) is 59.4 Å². The van der Waals surface area contributed by atoms with Crippen LogP contribution in [0.15, 0.2) is 53.7 Å². The maximum absolute atomic E-state index is 6.09. The van der Waals surface area contributed by atoms with Crippen LogP contribution in [0, 0.1) is 0 Å². The van der Waals surface area contributed by atoms with Gasteiger partial charge in [-0.25, -0.2) is 0 Å². The van der Waals surface area contributed by atoms with E-state index in [2.05, 4.69) is 4.98 Å². The summed E-state index contributed by atoms with van der Waals surface area (Å²) in [6.45, 7) is 0. The van der Waals surface area contributed by atoms with Crippen molar-refractivity contribution in [2.24, 2.45) is 5.73 Å². The van der Waals surface area contributed by atoms with Crippen LogP contribution < -0.4 is 5.73 Å². The number of nitrogens with zero attached hydrogens (tertiary/aromatic N) is 1. The molecule has 1 aromatic carbocycles. The lowest BCUT2D eigenvalue weighted by Crippen LogP contribution is -2.13. The Labute approximate surface area is 110 Å². The maximum Gasteiger partial charge on any atom is 0.0541 e. The van der Waals surface area contributed by atoms with Crippen LogP contribution in [0.25, 0.3) is 0 Å². The molecule has 2 aromatic rings. The largest absolute Gasteiger partial charge is 0.323 e. The molecule has 4 heteroatoms. The molecule has 0 spiro atoms. The number of hydrogen-bond acceptors (Lipinski definition) is 3. The van der Waals surface area contributed by atoms with Crippen molar-refractivity contribution >= 4 is 23.4 Å². The molecule has 0 saturated heterocycles. The third-order valence-corrected chi connectivity index (χ3v) is 4.00. The normalized spacial score (nSPS) is 12.4. The van der Waals surface area contributed by atoms with Gasteiger partial charge in [0.2, 0.25) is 0 Å². The first-order valence-corrected chi connectivity index (χ1v) is 6.66. The Morgan fingerprint density at radius 3 is 2.76 bits per heavy atom. The third-order valence-electron chi connectivity index (χ3n) is 2.37. The lowest BCUT2D eigenvalue weighted by molar-refractivity contribution is 0.824. The van der Waals surface area contributed by atoms with Crippen LogP contribution >= 0.6 is 23.4 Å². The van der Waals surface area contributed by atoms with Crippen LogP contribution in [0.3, 0.4) is 0 Å². The van der Waals surface area contributed by atoms with E-state index in [9.17, 15) is 0 Å². The monoisotopic (exact) mass is 264 g/mol. The summed E-state index contributed by atoms with van der Waals surface area (Å²) in [6, 6.07) is 11.7. The summed E-state index contributed by atoms with van der Waals surface area (Å²) < 4.78 is 0. The van der Waals surface area contributed by atoms with Gasteiger partial charge in [-0.15, -0.1) is 11.8 Å². The zero-order valence-electron chi connectivity index (χ0n) is 9.21. The second-order valence-electron chi connectivity index (χ2n) is 3.63. The number of halogens is 1. The fourth-order valence-corrected chi connectivity index (χ4v) is 2.66. The van der Waals surface area contributed by atoms with E-state index in [1.54, 1.807) is 24.2 Å². The standard InChI is InChI=1S/C13H13ClN2S/c14-11-5-1-2-6-13(11)17-9-12(15)10-4-3-7-16-8-10/h1-8,12H,9,15H2. The van der Waals surface area contributed by atoms with Gasteiger partial charge in [-0.1, -0.05) is 29.8 Å². The molecule has 0 aliphatic heterocycles. The number of thioether (sulfide) groups is 1. The zero-order chi connectivity index (χ0) is 12.1. The Hall–Kier alpha value is -1.03. The molecule has 1 unspecified atom stereocenters. The summed E-state index contributed by atoms with van der Waals surface area (Å²) in [5, 5.41) is 0.774. The second kappa shape index (κ2) is 6.05.